The summed E-state index contributed by atoms with van der Waals surface area (Å²) in [6.45, 7) is 2.92. The smallest absolute Gasteiger partial charge is 0.293 e. The summed E-state index contributed by atoms with van der Waals surface area (Å²) in [5.74, 6) is 0.846. The Morgan fingerprint density at radius 1 is 0.892 bits per heavy atom. The van der Waals surface area contributed by atoms with Gasteiger partial charge in [0.25, 0.3) is 11.1 Å². The van der Waals surface area contributed by atoms with Crippen LogP contribution in [0.2, 0.25) is 5.02 Å². The highest BCUT2D eigenvalue weighted by molar-refractivity contribution is 8.18. The number of halogens is 1. The maximum Gasteiger partial charge on any atom is 0.293 e. The van der Waals surface area contributed by atoms with Gasteiger partial charge in [0.15, 0.2) is 11.5 Å². The Bertz CT molecular complexity index is 1510. The molecule has 0 unspecified atom stereocenters. The summed E-state index contributed by atoms with van der Waals surface area (Å²) >= 11 is 7.02. The number of thioether (sulfide) groups is 1. The number of imide groups is 1. The van der Waals surface area contributed by atoms with Gasteiger partial charge in [-0.3, -0.25) is 14.5 Å². The van der Waals surface area contributed by atoms with Crippen LogP contribution in [0.15, 0.2) is 89.8 Å². The molecule has 2 amide bonds. The van der Waals surface area contributed by atoms with E-state index in [9.17, 15) is 9.59 Å². The van der Waals surface area contributed by atoms with Gasteiger partial charge in [0.05, 0.1) is 18.1 Å². The third-order valence-electron chi connectivity index (χ3n) is 5.93. The highest BCUT2D eigenvalue weighted by atomic mass is 35.5. The van der Waals surface area contributed by atoms with Gasteiger partial charge in [-0.15, -0.1) is 0 Å². The summed E-state index contributed by atoms with van der Waals surface area (Å²) in [7, 11) is 0. The van der Waals surface area contributed by atoms with E-state index in [-0.39, 0.29) is 17.7 Å². The number of hydrogen-bond acceptors (Lipinski definition) is 5. The average Bonchev–Trinajstić information content (AvgIpc) is 3.16. The van der Waals surface area contributed by atoms with E-state index in [0.717, 1.165) is 39.2 Å². The van der Waals surface area contributed by atoms with Crippen molar-refractivity contribution in [1.29, 1.82) is 0 Å². The van der Waals surface area contributed by atoms with Gasteiger partial charge in [0.1, 0.15) is 6.61 Å². The lowest BCUT2D eigenvalue weighted by Crippen LogP contribution is -2.27. The first kappa shape index (κ1) is 24.9. The van der Waals surface area contributed by atoms with E-state index >= 15 is 0 Å². The van der Waals surface area contributed by atoms with Crippen LogP contribution >= 0.6 is 23.4 Å². The lowest BCUT2D eigenvalue weighted by Gasteiger charge is -2.14. The first-order valence-electron chi connectivity index (χ1n) is 11.9. The monoisotopic (exact) mass is 529 g/mol. The highest BCUT2D eigenvalue weighted by Crippen LogP contribution is 2.36. The van der Waals surface area contributed by atoms with Gasteiger partial charge in [-0.05, 0) is 76.5 Å². The van der Waals surface area contributed by atoms with Crippen LogP contribution in [-0.2, 0) is 17.9 Å². The second-order valence-electron chi connectivity index (χ2n) is 8.46. The first-order chi connectivity index (χ1) is 18.0. The van der Waals surface area contributed by atoms with Crippen molar-refractivity contribution in [1.82, 2.24) is 4.90 Å². The molecule has 4 aromatic carbocycles. The molecular weight excluding hydrogens is 506 g/mol. The molecule has 1 aliphatic heterocycles. The largest absolute Gasteiger partial charge is 0.490 e. The SMILES string of the molecule is CCOc1cc(/C=C2\SC(=O)N(Cc3cccc4ccccc34)C2=O)ccc1OCc1cccc(Cl)c1. The van der Waals surface area contributed by atoms with Crippen molar-refractivity contribution in [3.05, 3.63) is 112 Å². The topological polar surface area (TPSA) is 55.8 Å². The number of rotatable bonds is 8. The standard InChI is InChI=1S/C30H24ClNO4S/c1-2-35-27-16-20(13-14-26(27)36-19-21-7-5-11-24(31)15-21)17-28-29(33)32(30(34)37-28)18-23-10-6-9-22-8-3-4-12-25(22)23/h3-17H,2,18-19H2,1H3/b28-17-. The van der Waals surface area contributed by atoms with Crippen molar-refractivity contribution in [3.8, 4) is 11.5 Å². The van der Waals surface area contributed by atoms with Crippen LogP contribution in [0.25, 0.3) is 16.8 Å². The van der Waals surface area contributed by atoms with E-state index in [1.165, 1.54) is 4.90 Å². The van der Waals surface area contributed by atoms with Gasteiger partial charge in [0.2, 0.25) is 0 Å². The Balaban J connectivity index is 1.35. The highest BCUT2D eigenvalue weighted by Gasteiger charge is 2.35. The number of hydrogen-bond donors (Lipinski definition) is 0. The number of benzene rings is 4. The van der Waals surface area contributed by atoms with E-state index in [2.05, 4.69) is 0 Å². The molecule has 0 N–H and O–H groups in total. The summed E-state index contributed by atoms with van der Waals surface area (Å²) in [6.07, 6.45) is 1.72. The van der Waals surface area contributed by atoms with Crippen LogP contribution in [0.3, 0.4) is 0 Å². The molecule has 1 saturated heterocycles. The molecule has 4 aromatic rings. The molecule has 0 spiro atoms. The second kappa shape index (κ2) is 11.1. The number of ether oxygens (including phenoxy) is 2. The molecule has 5 rings (SSSR count). The Labute approximate surface area is 224 Å². The Kier molecular flexibility index (Phi) is 7.49. The van der Waals surface area contributed by atoms with Gasteiger partial charge < -0.3 is 9.47 Å². The zero-order valence-corrected chi connectivity index (χ0v) is 21.7. The molecule has 0 aliphatic carbocycles. The van der Waals surface area contributed by atoms with Crippen LogP contribution in [0.5, 0.6) is 11.5 Å². The summed E-state index contributed by atoms with van der Waals surface area (Å²) in [5, 5.41) is 2.47. The zero-order valence-electron chi connectivity index (χ0n) is 20.1. The number of carbonyl (C=O) groups excluding carboxylic acids is 2. The van der Waals surface area contributed by atoms with Gasteiger partial charge in [-0.2, -0.15) is 0 Å². The minimum absolute atomic E-state index is 0.226. The van der Waals surface area contributed by atoms with Crippen LogP contribution in [-0.4, -0.2) is 22.7 Å². The van der Waals surface area contributed by atoms with Gasteiger partial charge >= 0.3 is 0 Å². The Hall–Kier alpha value is -3.74. The average molecular weight is 530 g/mol. The third-order valence-corrected chi connectivity index (χ3v) is 7.07. The molecule has 0 radical (unpaired) electrons. The van der Waals surface area contributed by atoms with Crippen LogP contribution in [0.4, 0.5) is 4.79 Å². The van der Waals surface area contributed by atoms with Crippen LogP contribution in [0.1, 0.15) is 23.6 Å². The molecule has 0 bridgehead atoms. The minimum Gasteiger partial charge on any atom is -0.490 e. The fraction of sp³-hybridized carbons (Fsp3) is 0.133. The number of fused-ring (bicyclic) bond motifs is 1. The first-order valence-corrected chi connectivity index (χ1v) is 13.1. The van der Waals surface area contributed by atoms with Crippen molar-refractivity contribution < 1.29 is 19.1 Å². The van der Waals surface area contributed by atoms with Gasteiger partial charge in [-0.25, -0.2) is 0 Å². The molecule has 1 aliphatic rings. The van der Waals surface area contributed by atoms with Crippen molar-refractivity contribution in [2.75, 3.05) is 6.61 Å². The van der Waals surface area contributed by atoms with E-state index < -0.39 is 0 Å². The van der Waals surface area contributed by atoms with E-state index in [4.69, 9.17) is 21.1 Å². The van der Waals surface area contributed by atoms with Crippen molar-refractivity contribution in [3.63, 3.8) is 0 Å². The second-order valence-corrected chi connectivity index (χ2v) is 9.89. The quantitative estimate of drug-likeness (QED) is 0.219. The Morgan fingerprint density at radius 3 is 2.54 bits per heavy atom. The van der Waals surface area contributed by atoms with Gasteiger partial charge in [0, 0.05) is 5.02 Å². The molecule has 7 heteroatoms. The minimum atomic E-state index is -0.304. The number of nitrogens with zero attached hydrogens (tertiary/aromatic N) is 1. The zero-order chi connectivity index (χ0) is 25.8. The number of amides is 2. The molecule has 0 aromatic heterocycles. The fourth-order valence-corrected chi connectivity index (χ4v) is 5.23. The van der Waals surface area contributed by atoms with Crippen molar-refractivity contribution in [2.24, 2.45) is 0 Å². The van der Waals surface area contributed by atoms with Crippen molar-refractivity contribution >= 4 is 51.4 Å². The Morgan fingerprint density at radius 2 is 1.70 bits per heavy atom. The van der Waals surface area contributed by atoms with E-state index in [0.29, 0.717) is 34.6 Å². The maximum atomic E-state index is 13.2. The van der Waals surface area contributed by atoms with Crippen LogP contribution < -0.4 is 9.47 Å². The summed E-state index contributed by atoms with van der Waals surface area (Å²) < 4.78 is 11.8. The van der Waals surface area contributed by atoms with Crippen molar-refractivity contribution in [2.45, 2.75) is 20.1 Å². The van der Waals surface area contributed by atoms with Crippen LogP contribution in [0, 0.1) is 0 Å². The molecule has 0 atom stereocenters. The summed E-state index contributed by atoms with van der Waals surface area (Å²) in [4.78, 5) is 27.6. The molecule has 1 fully saturated rings. The molecular formula is C30H24ClNO4S. The van der Waals surface area contributed by atoms with Gasteiger partial charge in [-0.1, -0.05) is 72.3 Å². The number of carbonyl (C=O) groups is 2. The summed E-state index contributed by atoms with van der Waals surface area (Å²) in [6, 6.07) is 26.8. The molecule has 37 heavy (non-hydrogen) atoms. The predicted molar refractivity (Wildman–Crippen MR) is 149 cm³/mol. The van der Waals surface area contributed by atoms with E-state index in [1.54, 1.807) is 6.08 Å². The molecule has 1 heterocycles. The fourth-order valence-electron chi connectivity index (χ4n) is 4.18. The van der Waals surface area contributed by atoms with E-state index in [1.807, 2.05) is 91.9 Å². The molecule has 5 nitrogen and oxygen atoms in total. The third kappa shape index (κ3) is 5.66. The lowest BCUT2D eigenvalue weighted by molar-refractivity contribution is -0.123. The maximum absolute atomic E-state index is 13.2. The molecule has 0 saturated carbocycles. The normalized spacial score (nSPS) is 14.5. The predicted octanol–water partition coefficient (Wildman–Crippen LogP) is 7.71. The summed E-state index contributed by atoms with van der Waals surface area (Å²) in [5.41, 5.74) is 2.62. The molecule has 186 valence electrons. The lowest BCUT2D eigenvalue weighted by atomic mass is 10.0.